The van der Waals surface area contributed by atoms with E-state index in [0.29, 0.717) is 0 Å². The van der Waals surface area contributed by atoms with Crippen LogP contribution in [-0.2, 0) is 0 Å². The Bertz CT molecular complexity index is 581. The van der Waals surface area contributed by atoms with Crippen LogP contribution in [0.15, 0.2) is 24.4 Å². The summed E-state index contributed by atoms with van der Waals surface area (Å²) in [7, 11) is 1.99. The van der Waals surface area contributed by atoms with E-state index in [1.54, 1.807) is 6.20 Å². The third-order valence-electron chi connectivity index (χ3n) is 2.95. The van der Waals surface area contributed by atoms with Crippen LogP contribution in [0.5, 0.6) is 0 Å². The molecule has 2 rings (SSSR count). The van der Waals surface area contributed by atoms with Crippen molar-refractivity contribution in [3.05, 3.63) is 46.4 Å². The smallest absolute Gasteiger partial charge is 0.224 e. The summed E-state index contributed by atoms with van der Waals surface area (Å²) in [4.78, 5) is 10.3. The third-order valence-corrected chi connectivity index (χ3v) is 3.13. The van der Waals surface area contributed by atoms with Crippen LogP contribution in [0.1, 0.15) is 16.7 Å². The Kier molecular flexibility index (Phi) is 3.53. The van der Waals surface area contributed by atoms with Crippen molar-refractivity contribution in [1.82, 2.24) is 9.97 Å². The zero-order chi connectivity index (χ0) is 13.3. The van der Waals surface area contributed by atoms with E-state index in [0.717, 1.165) is 17.1 Å². The van der Waals surface area contributed by atoms with Crippen LogP contribution in [0.4, 0.5) is 11.5 Å². The van der Waals surface area contributed by atoms with Crippen LogP contribution in [0.2, 0.25) is 5.28 Å². The zero-order valence-electron chi connectivity index (χ0n) is 11.0. The van der Waals surface area contributed by atoms with Gasteiger partial charge in [-0.2, -0.15) is 4.98 Å². The van der Waals surface area contributed by atoms with Gasteiger partial charge in [0.2, 0.25) is 5.28 Å². The fourth-order valence-electron chi connectivity index (χ4n) is 2.05. The first-order valence-electron chi connectivity index (χ1n) is 5.79. The highest BCUT2D eigenvalue weighted by Crippen LogP contribution is 2.28. The standard InChI is InChI=1S/C14H16ClN3/c1-9-5-6-12(10(2)7-9)18(4)13-11(3)8-16-14(15)17-13/h5-8H,1-4H3. The average Bonchev–Trinajstić information content (AvgIpc) is 2.31. The number of nitrogens with zero attached hydrogens (tertiary/aromatic N) is 3. The lowest BCUT2D eigenvalue weighted by Gasteiger charge is -2.22. The minimum absolute atomic E-state index is 0.271. The maximum atomic E-state index is 5.86. The Morgan fingerprint density at radius 2 is 1.83 bits per heavy atom. The fraction of sp³-hybridized carbons (Fsp3) is 0.286. The molecule has 0 spiro atoms. The van der Waals surface area contributed by atoms with Crippen molar-refractivity contribution in [3.63, 3.8) is 0 Å². The van der Waals surface area contributed by atoms with Gasteiger partial charge in [0.15, 0.2) is 0 Å². The number of benzene rings is 1. The van der Waals surface area contributed by atoms with Gasteiger partial charge in [0, 0.05) is 24.5 Å². The van der Waals surface area contributed by atoms with Crippen molar-refractivity contribution >= 4 is 23.1 Å². The van der Waals surface area contributed by atoms with Gasteiger partial charge in [-0.05, 0) is 44.0 Å². The second-order valence-corrected chi connectivity index (χ2v) is 4.83. The minimum Gasteiger partial charge on any atom is -0.329 e. The monoisotopic (exact) mass is 261 g/mol. The molecular weight excluding hydrogens is 246 g/mol. The normalized spacial score (nSPS) is 10.5. The van der Waals surface area contributed by atoms with Crippen LogP contribution < -0.4 is 4.90 Å². The third kappa shape index (κ3) is 2.46. The summed E-state index contributed by atoms with van der Waals surface area (Å²) in [6, 6.07) is 6.35. The lowest BCUT2D eigenvalue weighted by atomic mass is 10.1. The van der Waals surface area contributed by atoms with Crippen LogP contribution >= 0.6 is 11.6 Å². The topological polar surface area (TPSA) is 29.0 Å². The molecule has 0 aliphatic heterocycles. The Hall–Kier alpha value is -1.61. The van der Waals surface area contributed by atoms with E-state index < -0.39 is 0 Å². The van der Waals surface area contributed by atoms with Crippen molar-refractivity contribution in [2.24, 2.45) is 0 Å². The first-order valence-corrected chi connectivity index (χ1v) is 6.17. The van der Waals surface area contributed by atoms with Gasteiger partial charge in [-0.3, -0.25) is 0 Å². The van der Waals surface area contributed by atoms with Gasteiger partial charge in [0.1, 0.15) is 5.82 Å². The number of rotatable bonds is 2. The van der Waals surface area contributed by atoms with Crippen LogP contribution in [0.25, 0.3) is 0 Å². The lowest BCUT2D eigenvalue weighted by molar-refractivity contribution is 1.04. The first kappa shape index (κ1) is 12.8. The molecule has 94 valence electrons. The van der Waals surface area contributed by atoms with Crippen molar-refractivity contribution in [2.45, 2.75) is 20.8 Å². The molecule has 18 heavy (non-hydrogen) atoms. The predicted octanol–water partition coefficient (Wildman–Crippen LogP) is 3.82. The van der Waals surface area contributed by atoms with Crippen molar-refractivity contribution in [3.8, 4) is 0 Å². The molecule has 4 heteroatoms. The van der Waals surface area contributed by atoms with Gasteiger partial charge in [-0.1, -0.05) is 17.7 Å². The average molecular weight is 262 g/mol. The van der Waals surface area contributed by atoms with Crippen molar-refractivity contribution < 1.29 is 0 Å². The molecule has 0 atom stereocenters. The number of aryl methyl sites for hydroxylation is 3. The van der Waals surface area contributed by atoms with E-state index in [4.69, 9.17) is 11.6 Å². The highest BCUT2D eigenvalue weighted by molar-refractivity contribution is 6.28. The Balaban J connectivity index is 2.47. The van der Waals surface area contributed by atoms with Gasteiger partial charge in [0.25, 0.3) is 0 Å². The highest BCUT2D eigenvalue weighted by atomic mass is 35.5. The van der Waals surface area contributed by atoms with Crippen LogP contribution in [-0.4, -0.2) is 17.0 Å². The van der Waals surface area contributed by atoms with Crippen molar-refractivity contribution in [2.75, 3.05) is 11.9 Å². The summed E-state index contributed by atoms with van der Waals surface area (Å²) < 4.78 is 0. The molecule has 0 N–H and O–H groups in total. The summed E-state index contributed by atoms with van der Waals surface area (Å²) in [5.74, 6) is 0.835. The van der Waals surface area contributed by atoms with E-state index in [2.05, 4.69) is 42.0 Å². The predicted molar refractivity (Wildman–Crippen MR) is 75.8 cm³/mol. The number of hydrogen-bond donors (Lipinski definition) is 0. The number of halogens is 1. The molecule has 0 aliphatic carbocycles. The first-order chi connectivity index (χ1) is 8.49. The molecule has 1 aromatic heterocycles. The van der Waals surface area contributed by atoms with E-state index in [1.165, 1.54) is 11.1 Å². The van der Waals surface area contributed by atoms with Gasteiger partial charge in [-0.15, -0.1) is 0 Å². The van der Waals surface area contributed by atoms with E-state index in [-0.39, 0.29) is 5.28 Å². The van der Waals surface area contributed by atoms with Gasteiger partial charge in [-0.25, -0.2) is 4.98 Å². The minimum atomic E-state index is 0.271. The molecule has 0 aliphatic rings. The second kappa shape index (κ2) is 4.94. The summed E-state index contributed by atoms with van der Waals surface area (Å²) in [5.41, 5.74) is 4.59. The molecule has 0 saturated carbocycles. The van der Waals surface area contributed by atoms with Gasteiger partial charge < -0.3 is 4.90 Å². The molecule has 0 fully saturated rings. The highest BCUT2D eigenvalue weighted by Gasteiger charge is 2.11. The molecule has 3 nitrogen and oxygen atoms in total. The summed E-state index contributed by atoms with van der Waals surface area (Å²) >= 11 is 5.86. The molecular formula is C14H16ClN3. The number of aromatic nitrogens is 2. The summed E-state index contributed by atoms with van der Waals surface area (Å²) in [5, 5.41) is 0.271. The summed E-state index contributed by atoms with van der Waals surface area (Å²) in [6.45, 7) is 6.16. The lowest BCUT2D eigenvalue weighted by Crippen LogP contribution is -2.14. The van der Waals surface area contributed by atoms with Crippen molar-refractivity contribution in [1.29, 1.82) is 0 Å². The largest absolute Gasteiger partial charge is 0.329 e. The molecule has 0 bridgehead atoms. The number of anilines is 2. The molecule has 0 unspecified atom stereocenters. The summed E-state index contributed by atoms with van der Waals surface area (Å²) in [6.07, 6.45) is 1.74. The zero-order valence-corrected chi connectivity index (χ0v) is 11.8. The fourth-order valence-corrected chi connectivity index (χ4v) is 2.18. The molecule has 0 saturated heterocycles. The van der Waals surface area contributed by atoms with Gasteiger partial charge in [0.05, 0.1) is 0 Å². The van der Waals surface area contributed by atoms with E-state index >= 15 is 0 Å². The maximum Gasteiger partial charge on any atom is 0.224 e. The Morgan fingerprint density at radius 3 is 2.50 bits per heavy atom. The SMILES string of the molecule is Cc1ccc(N(C)c2nc(Cl)ncc2C)c(C)c1. The molecule has 0 amide bonds. The quantitative estimate of drug-likeness (QED) is 0.770. The maximum absolute atomic E-state index is 5.86. The Labute approximate surface area is 112 Å². The molecule has 0 radical (unpaired) electrons. The van der Waals surface area contributed by atoms with Crippen LogP contribution in [0, 0.1) is 20.8 Å². The van der Waals surface area contributed by atoms with E-state index in [9.17, 15) is 0 Å². The molecule has 2 aromatic rings. The van der Waals surface area contributed by atoms with Gasteiger partial charge >= 0.3 is 0 Å². The number of hydrogen-bond acceptors (Lipinski definition) is 3. The molecule has 1 aromatic carbocycles. The molecule has 1 heterocycles. The van der Waals surface area contributed by atoms with E-state index in [1.807, 2.05) is 18.9 Å². The van der Waals surface area contributed by atoms with Crippen LogP contribution in [0.3, 0.4) is 0 Å². The second-order valence-electron chi connectivity index (χ2n) is 4.49. The Morgan fingerprint density at radius 1 is 1.11 bits per heavy atom.